The Morgan fingerprint density at radius 2 is 2.13 bits per heavy atom. The zero-order valence-electron chi connectivity index (χ0n) is 10.8. The molecule has 0 aliphatic carbocycles. The van der Waals surface area contributed by atoms with E-state index in [4.69, 9.17) is 4.74 Å². The molecule has 1 fully saturated rings. The lowest BCUT2D eigenvalue weighted by Crippen LogP contribution is -2.51. The quantitative estimate of drug-likeness (QED) is 0.758. The van der Waals surface area contributed by atoms with Gasteiger partial charge in [-0.1, -0.05) is 20.3 Å². The van der Waals surface area contributed by atoms with Crippen LogP contribution in [0, 0.1) is 5.92 Å². The average molecular weight is 213 g/mol. The van der Waals surface area contributed by atoms with Gasteiger partial charge in [0, 0.05) is 12.6 Å². The van der Waals surface area contributed by atoms with E-state index >= 15 is 0 Å². The molecule has 3 unspecified atom stereocenters. The highest BCUT2D eigenvalue weighted by Gasteiger charge is 2.36. The second kappa shape index (κ2) is 5.86. The molecule has 0 bridgehead atoms. The van der Waals surface area contributed by atoms with Crippen LogP contribution in [0.25, 0.3) is 0 Å². The predicted molar refractivity (Wildman–Crippen MR) is 65.1 cm³/mol. The molecule has 0 aromatic carbocycles. The summed E-state index contributed by atoms with van der Waals surface area (Å²) in [5, 5.41) is 3.45. The smallest absolute Gasteiger partial charge is 0.0806 e. The average Bonchev–Trinajstić information content (AvgIpc) is 2.26. The molecule has 1 rings (SSSR count). The Kier molecular flexibility index (Phi) is 5.07. The molecule has 15 heavy (non-hydrogen) atoms. The van der Waals surface area contributed by atoms with Crippen LogP contribution in [0.1, 0.15) is 52.9 Å². The fraction of sp³-hybridized carbons (Fsp3) is 1.00. The first kappa shape index (κ1) is 13.0. The second-order valence-electron chi connectivity index (χ2n) is 5.21. The molecule has 2 nitrogen and oxygen atoms in total. The molecule has 1 aliphatic heterocycles. The summed E-state index contributed by atoms with van der Waals surface area (Å²) in [6.45, 7) is 7.81. The zero-order valence-corrected chi connectivity index (χ0v) is 10.8. The minimum atomic E-state index is 0.0659. The van der Waals surface area contributed by atoms with Crippen molar-refractivity contribution in [2.75, 3.05) is 13.7 Å². The first-order chi connectivity index (χ1) is 7.12. The lowest BCUT2D eigenvalue weighted by Gasteiger charge is -2.41. The lowest BCUT2D eigenvalue weighted by atomic mass is 9.83. The van der Waals surface area contributed by atoms with E-state index in [0.29, 0.717) is 6.04 Å². The van der Waals surface area contributed by atoms with E-state index < -0.39 is 0 Å². The number of ether oxygens (including phenoxy) is 1. The summed E-state index contributed by atoms with van der Waals surface area (Å²) < 4.78 is 6.00. The third-order valence-corrected chi connectivity index (χ3v) is 3.92. The Morgan fingerprint density at radius 3 is 2.60 bits per heavy atom. The molecule has 0 amide bonds. The summed E-state index contributed by atoms with van der Waals surface area (Å²) in [6.07, 6.45) is 6.23. The molecule has 0 aromatic rings. The summed E-state index contributed by atoms with van der Waals surface area (Å²) in [7, 11) is 2.07. The summed E-state index contributed by atoms with van der Waals surface area (Å²) >= 11 is 0. The van der Waals surface area contributed by atoms with Gasteiger partial charge < -0.3 is 10.1 Å². The van der Waals surface area contributed by atoms with Gasteiger partial charge in [-0.25, -0.2) is 0 Å². The predicted octanol–water partition coefficient (Wildman–Crippen LogP) is 2.97. The monoisotopic (exact) mass is 213 g/mol. The van der Waals surface area contributed by atoms with E-state index in [1.165, 1.54) is 32.1 Å². The van der Waals surface area contributed by atoms with E-state index in [2.05, 4.69) is 33.1 Å². The minimum Gasteiger partial charge on any atom is -0.374 e. The molecular formula is C13H27NO. The zero-order chi connectivity index (χ0) is 11.3. The molecule has 0 aromatic heterocycles. The molecule has 1 heterocycles. The number of hydrogen-bond acceptors (Lipinski definition) is 2. The lowest BCUT2D eigenvalue weighted by molar-refractivity contribution is -0.0910. The van der Waals surface area contributed by atoms with E-state index in [-0.39, 0.29) is 5.60 Å². The highest BCUT2D eigenvalue weighted by molar-refractivity contribution is 4.91. The molecule has 90 valence electrons. The van der Waals surface area contributed by atoms with Crippen molar-refractivity contribution in [2.45, 2.75) is 64.5 Å². The molecular weight excluding hydrogens is 186 g/mol. The first-order valence-electron chi connectivity index (χ1n) is 6.43. The maximum Gasteiger partial charge on any atom is 0.0806 e. The highest BCUT2D eigenvalue weighted by atomic mass is 16.5. The van der Waals surface area contributed by atoms with Crippen molar-refractivity contribution in [2.24, 2.45) is 5.92 Å². The van der Waals surface area contributed by atoms with Gasteiger partial charge in [0.15, 0.2) is 0 Å². The molecule has 1 N–H and O–H groups in total. The van der Waals surface area contributed by atoms with Gasteiger partial charge in [0.1, 0.15) is 0 Å². The minimum absolute atomic E-state index is 0.0659. The summed E-state index contributed by atoms with van der Waals surface area (Å²) in [4.78, 5) is 0. The largest absolute Gasteiger partial charge is 0.374 e. The van der Waals surface area contributed by atoms with Crippen LogP contribution in [0.15, 0.2) is 0 Å². The van der Waals surface area contributed by atoms with Gasteiger partial charge in [0.2, 0.25) is 0 Å². The molecule has 0 spiro atoms. The van der Waals surface area contributed by atoms with Crippen molar-refractivity contribution < 1.29 is 4.74 Å². The Hall–Kier alpha value is -0.0800. The maximum absolute atomic E-state index is 6.00. The van der Waals surface area contributed by atoms with Crippen molar-refractivity contribution in [3.63, 3.8) is 0 Å². The van der Waals surface area contributed by atoms with Crippen LogP contribution in [0.4, 0.5) is 0 Å². The van der Waals surface area contributed by atoms with Crippen molar-refractivity contribution in [3.8, 4) is 0 Å². The molecule has 1 aliphatic rings. The van der Waals surface area contributed by atoms with Crippen molar-refractivity contribution in [1.82, 2.24) is 5.32 Å². The fourth-order valence-corrected chi connectivity index (χ4v) is 2.47. The van der Waals surface area contributed by atoms with Gasteiger partial charge in [0.25, 0.3) is 0 Å². The normalized spacial score (nSPS) is 31.2. The van der Waals surface area contributed by atoms with E-state index in [1.807, 2.05) is 0 Å². The Morgan fingerprint density at radius 1 is 1.40 bits per heavy atom. The third-order valence-electron chi connectivity index (χ3n) is 3.92. The summed E-state index contributed by atoms with van der Waals surface area (Å²) in [5.74, 6) is 0.782. The van der Waals surface area contributed by atoms with Crippen LogP contribution in [-0.4, -0.2) is 25.3 Å². The molecule has 3 atom stereocenters. The van der Waals surface area contributed by atoms with Gasteiger partial charge in [-0.05, 0) is 45.6 Å². The summed E-state index contributed by atoms with van der Waals surface area (Å²) in [6, 6.07) is 0.507. The van der Waals surface area contributed by atoms with Crippen LogP contribution < -0.4 is 5.32 Å². The first-order valence-corrected chi connectivity index (χ1v) is 6.43. The van der Waals surface area contributed by atoms with Crippen molar-refractivity contribution >= 4 is 0 Å². The van der Waals surface area contributed by atoms with Gasteiger partial charge >= 0.3 is 0 Å². The van der Waals surface area contributed by atoms with Gasteiger partial charge in [-0.15, -0.1) is 0 Å². The van der Waals surface area contributed by atoms with Crippen LogP contribution in [0.3, 0.4) is 0 Å². The number of rotatable bonds is 5. The Bertz CT molecular complexity index is 175. The van der Waals surface area contributed by atoms with Gasteiger partial charge in [-0.2, -0.15) is 0 Å². The van der Waals surface area contributed by atoms with Crippen LogP contribution >= 0.6 is 0 Å². The van der Waals surface area contributed by atoms with Crippen molar-refractivity contribution in [3.05, 3.63) is 0 Å². The van der Waals surface area contributed by atoms with E-state index in [9.17, 15) is 0 Å². The molecule has 0 radical (unpaired) electrons. The fourth-order valence-electron chi connectivity index (χ4n) is 2.47. The van der Waals surface area contributed by atoms with Crippen LogP contribution in [0.5, 0.6) is 0 Å². The standard InChI is InChI=1S/C13H27NO/c1-5-11(2)10-12(14-4)13(3)8-6-7-9-15-13/h11-12,14H,5-10H2,1-4H3. The Balaban J connectivity index is 2.54. The maximum atomic E-state index is 6.00. The number of likely N-dealkylation sites (N-methyl/N-ethyl adjacent to an activating group) is 1. The van der Waals surface area contributed by atoms with Crippen molar-refractivity contribution in [1.29, 1.82) is 0 Å². The van der Waals surface area contributed by atoms with E-state index in [0.717, 1.165) is 12.5 Å². The Labute approximate surface area is 94.8 Å². The second-order valence-corrected chi connectivity index (χ2v) is 5.21. The molecule has 0 saturated carbocycles. The summed E-state index contributed by atoms with van der Waals surface area (Å²) in [5.41, 5.74) is 0.0659. The highest BCUT2D eigenvalue weighted by Crippen LogP contribution is 2.31. The van der Waals surface area contributed by atoms with Gasteiger partial charge in [-0.3, -0.25) is 0 Å². The molecule has 2 heteroatoms. The number of hydrogen-bond donors (Lipinski definition) is 1. The van der Waals surface area contributed by atoms with Crippen LogP contribution in [0.2, 0.25) is 0 Å². The number of nitrogens with one attached hydrogen (secondary N) is 1. The van der Waals surface area contributed by atoms with Crippen LogP contribution in [-0.2, 0) is 4.74 Å². The third kappa shape index (κ3) is 3.46. The molecule has 1 saturated heterocycles. The van der Waals surface area contributed by atoms with E-state index in [1.54, 1.807) is 0 Å². The topological polar surface area (TPSA) is 21.3 Å². The SMILES string of the molecule is CCC(C)CC(NC)C1(C)CCCCO1. The van der Waals surface area contributed by atoms with Gasteiger partial charge in [0.05, 0.1) is 5.60 Å².